The standard InChI is InChI=1S/C20H34N2O6/c1-13(2)21(14(3)4)17(23)11-27-19(25)9-10-20(26)28-12-18(24)22(15(5)6)16(7)8/h9-10,13-16H,11-12H2,1-8H3/b10-9+. The lowest BCUT2D eigenvalue weighted by Gasteiger charge is -2.30. The molecule has 0 aliphatic heterocycles. The van der Waals surface area contributed by atoms with E-state index in [-0.39, 0.29) is 36.0 Å². The fourth-order valence-corrected chi connectivity index (χ4v) is 2.99. The Kier molecular flexibility index (Phi) is 11.1. The third-order valence-corrected chi connectivity index (χ3v) is 3.83. The van der Waals surface area contributed by atoms with E-state index < -0.39 is 25.2 Å². The van der Waals surface area contributed by atoms with Crippen molar-refractivity contribution in [1.82, 2.24) is 9.80 Å². The number of esters is 2. The molecule has 8 nitrogen and oxygen atoms in total. The van der Waals surface area contributed by atoms with Crippen molar-refractivity contribution in [3.63, 3.8) is 0 Å². The number of carbonyl (C=O) groups excluding carboxylic acids is 4. The molecule has 0 radical (unpaired) electrons. The Hall–Kier alpha value is -2.38. The van der Waals surface area contributed by atoms with E-state index in [4.69, 9.17) is 9.47 Å². The highest BCUT2D eigenvalue weighted by atomic mass is 16.5. The maximum Gasteiger partial charge on any atom is 0.331 e. The van der Waals surface area contributed by atoms with Crippen LogP contribution in [-0.4, -0.2) is 70.9 Å². The van der Waals surface area contributed by atoms with Crippen LogP contribution in [0.25, 0.3) is 0 Å². The molecule has 0 aromatic heterocycles. The first kappa shape index (κ1) is 25.6. The van der Waals surface area contributed by atoms with Gasteiger partial charge in [0.1, 0.15) is 0 Å². The highest BCUT2D eigenvalue weighted by molar-refractivity contribution is 5.93. The second-order valence-electron chi connectivity index (χ2n) is 7.53. The molecular formula is C20H34N2O6. The molecule has 0 N–H and O–H groups in total. The molecule has 160 valence electrons. The van der Waals surface area contributed by atoms with E-state index in [2.05, 4.69) is 0 Å². The fraction of sp³-hybridized carbons (Fsp3) is 0.700. The van der Waals surface area contributed by atoms with Crippen LogP contribution in [0.15, 0.2) is 12.2 Å². The van der Waals surface area contributed by atoms with Gasteiger partial charge >= 0.3 is 11.9 Å². The van der Waals surface area contributed by atoms with Gasteiger partial charge in [-0.1, -0.05) is 0 Å². The molecular weight excluding hydrogens is 364 g/mol. The van der Waals surface area contributed by atoms with Crippen LogP contribution in [0.4, 0.5) is 0 Å². The molecule has 0 fully saturated rings. The maximum atomic E-state index is 12.1. The molecule has 0 aromatic carbocycles. The van der Waals surface area contributed by atoms with Crippen molar-refractivity contribution in [3.05, 3.63) is 12.2 Å². The third kappa shape index (κ3) is 9.01. The molecule has 0 bridgehead atoms. The molecule has 0 atom stereocenters. The minimum atomic E-state index is -0.838. The summed E-state index contributed by atoms with van der Waals surface area (Å²) >= 11 is 0. The van der Waals surface area contributed by atoms with E-state index in [1.165, 1.54) is 0 Å². The van der Waals surface area contributed by atoms with Gasteiger partial charge in [-0.3, -0.25) is 9.59 Å². The molecule has 0 aromatic rings. The summed E-state index contributed by atoms with van der Waals surface area (Å²) in [6, 6.07) is -0.0907. The summed E-state index contributed by atoms with van der Waals surface area (Å²) in [5.74, 6) is -2.31. The Morgan fingerprint density at radius 3 is 1.07 bits per heavy atom. The number of hydrogen-bond donors (Lipinski definition) is 0. The molecule has 0 unspecified atom stereocenters. The summed E-state index contributed by atoms with van der Waals surface area (Å²) in [6.07, 6.45) is 1.75. The van der Waals surface area contributed by atoms with E-state index >= 15 is 0 Å². The molecule has 0 saturated heterocycles. The largest absolute Gasteiger partial charge is 0.452 e. The number of nitrogens with zero attached hydrogens (tertiary/aromatic N) is 2. The second kappa shape index (κ2) is 12.2. The van der Waals surface area contributed by atoms with Crippen molar-refractivity contribution in [2.75, 3.05) is 13.2 Å². The van der Waals surface area contributed by atoms with Crippen molar-refractivity contribution in [1.29, 1.82) is 0 Å². The number of carbonyl (C=O) groups is 4. The number of amides is 2. The quantitative estimate of drug-likeness (QED) is 0.412. The first-order chi connectivity index (χ1) is 12.9. The minimum Gasteiger partial charge on any atom is -0.452 e. The summed E-state index contributed by atoms with van der Waals surface area (Å²) in [5.41, 5.74) is 0. The van der Waals surface area contributed by atoms with Crippen LogP contribution >= 0.6 is 0 Å². The predicted octanol–water partition coefficient (Wildman–Crippen LogP) is 1.92. The van der Waals surface area contributed by atoms with Gasteiger partial charge in [0.2, 0.25) is 0 Å². The monoisotopic (exact) mass is 398 g/mol. The lowest BCUT2D eigenvalue weighted by atomic mass is 10.2. The average molecular weight is 399 g/mol. The van der Waals surface area contributed by atoms with Gasteiger partial charge < -0.3 is 19.3 Å². The summed E-state index contributed by atoms with van der Waals surface area (Å²) in [6.45, 7) is 14.1. The maximum absolute atomic E-state index is 12.1. The van der Waals surface area contributed by atoms with Crippen LogP contribution in [0.5, 0.6) is 0 Å². The van der Waals surface area contributed by atoms with Gasteiger partial charge in [0.25, 0.3) is 11.8 Å². The molecule has 0 saturated carbocycles. The fourth-order valence-electron chi connectivity index (χ4n) is 2.99. The average Bonchev–Trinajstić information content (AvgIpc) is 2.54. The molecule has 28 heavy (non-hydrogen) atoms. The second-order valence-corrected chi connectivity index (χ2v) is 7.53. The molecule has 0 spiro atoms. The Balaban J connectivity index is 4.49. The molecule has 2 amide bonds. The van der Waals surface area contributed by atoms with E-state index in [9.17, 15) is 19.2 Å². The third-order valence-electron chi connectivity index (χ3n) is 3.83. The van der Waals surface area contributed by atoms with Crippen molar-refractivity contribution >= 4 is 23.8 Å². The molecule has 0 heterocycles. The zero-order valence-electron chi connectivity index (χ0n) is 18.2. The predicted molar refractivity (Wildman–Crippen MR) is 105 cm³/mol. The van der Waals surface area contributed by atoms with Crippen LogP contribution in [0.3, 0.4) is 0 Å². The van der Waals surface area contributed by atoms with Crippen molar-refractivity contribution in [2.45, 2.75) is 79.6 Å². The Bertz CT molecular complexity index is 515. The minimum absolute atomic E-state index is 0.0227. The zero-order chi connectivity index (χ0) is 22.0. The van der Waals surface area contributed by atoms with Crippen LogP contribution in [0.1, 0.15) is 55.4 Å². The molecule has 8 heteroatoms. The van der Waals surface area contributed by atoms with E-state index in [0.717, 1.165) is 12.2 Å². The number of rotatable bonds is 10. The van der Waals surface area contributed by atoms with Gasteiger partial charge in [0.05, 0.1) is 0 Å². The van der Waals surface area contributed by atoms with Crippen LogP contribution in [0, 0.1) is 0 Å². The molecule has 0 rings (SSSR count). The lowest BCUT2D eigenvalue weighted by molar-refractivity contribution is -0.151. The molecule has 0 aliphatic rings. The SMILES string of the molecule is CC(C)N(C(=O)COC(=O)/C=C/C(=O)OCC(=O)N(C(C)C)C(C)C)C(C)C. The van der Waals surface area contributed by atoms with Crippen LogP contribution in [0.2, 0.25) is 0 Å². The highest BCUT2D eigenvalue weighted by Gasteiger charge is 2.22. The summed E-state index contributed by atoms with van der Waals surface area (Å²) in [7, 11) is 0. The summed E-state index contributed by atoms with van der Waals surface area (Å²) in [5, 5.41) is 0. The number of ether oxygens (including phenoxy) is 2. The van der Waals surface area contributed by atoms with Crippen LogP contribution in [-0.2, 0) is 28.7 Å². The number of hydrogen-bond acceptors (Lipinski definition) is 6. The Morgan fingerprint density at radius 1 is 0.607 bits per heavy atom. The van der Waals surface area contributed by atoms with Gasteiger partial charge in [-0.05, 0) is 55.4 Å². The highest BCUT2D eigenvalue weighted by Crippen LogP contribution is 2.07. The smallest absolute Gasteiger partial charge is 0.331 e. The van der Waals surface area contributed by atoms with E-state index in [0.29, 0.717) is 0 Å². The van der Waals surface area contributed by atoms with Crippen molar-refractivity contribution in [2.24, 2.45) is 0 Å². The van der Waals surface area contributed by atoms with Crippen molar-refractivity contribution in [3.8, 4) is 0 Å². The Labute approximate surface area is 167 Å². The van der Waals surface area contributed by atoms with Crippen molar-refractivity contribution < 1.29 is 28.7 Å². The normalized spacial score (nSPS) is 11.4. The van der Waals surface area contributed by atoms with Gasteiger partial charge in [-0.2, -0.15) is 0 Å². The van der Waals surface area contributed by atoms with Gasteiger partial charge in [0, 0.05) is 36.3 Å². The lowest BCUT2D eigenvalue weighted by Crippen LogP contribution is -2.44. The first-order valence-corrected chi connectivity index (χ1v) is 9.52. The van der Waals surface area contributed by atoms with Crippen LogP contribution < -0.4 is 0 Å². The first-order valence-electron chi connectivity index (χ1n) is 9.52. The molecule has 0 aliphatic carbocycles. The zero-order valence-corrected chi connectivity index (χ0v) is 18.2. The summed E-state index contributed by atoms with van der Waals surface area (Å²) in [4.78, 5) is 50.8. The summed E-state index contributed by atoms with van der Waals surface area (Å²) < 4.78 is 9.72. The van der Waals surface area contributed by atoms with E-state index in [1.54, 1.807) is 9.80 Å². The van der Waals surface area contributed by atoms with Gasteiger partial charge in [-0.15, -0.1) is 0 Å². The van der Waals surface area contributed by atoms with Gasteiger partial charge in [0.15, 0.2) is 13.2 Å². The van der Waals surface area contributed by atoms with E-state index in [1.807, 2.05) is 55.4 Å². The van der Waals surface area contributed by atoms with Gasteiger partial charge in [-0.25, -0.2) is 9.59 Å². The Morgan fingerprint density at radius 2 is 0.857 bits per heavy atom. The topological polar surface area (TPSA) is 93.2 Å².